The van der Waals surface area contributed by atoms with Gasteiger partial charge in [0.1, 0.15) is 10.7 Å². The molecule has 0 bridgehead atoms. The zero-order valence-electron chi connectivity index (χ0n) is 11.0. The van der Waals surface area contributed by atoms with Crippen molar-refractivity contribution in [2.45, 2.75) is 25.2 Å². The first-order chi connectivity index (χ1) is 9.07. The quantitative estimate of drug-likeness (QED) is 0.899. The van der Waals surface area contributed by atoms with Crippen molar-refractivity contribution in [2.75, 3.05) is 6.61 Å². The predicted molar refractivity (Wildman–Crippen MR) is 67.2 cm³/mol. The van der Waals surface area contributed by atoms with Crippen molar-refractivity contribution in [1.29, 1.82) is 5.26 Å². The van der Waals surface area contributed by atoms with Gasteiger partial charge < -0.3 is 4.74 Å². The van der Waals surface area contributed by atoms with Crippen LogP contribution in [0.25, 0.3) is 0 Å². The average molecular weight is 304 g/mol. The number of sulfonamides is 1. The van der Waals surface area contributed by atoms with E-state index in [1.807, 2.05) is 6.07 Å². The van der Waals surface area contributed by atoms with Gasteiger partial charge in [0.25, 0.3) is 0 Å². The number of hydrogen-bond acceptors (Lipinski definition) is 4. The first-order valence-corrected chi connectivity index (χ1v) is 7.17. The highest BCUT2D eigenvalue weighted by Gasteiger charge is 2.23. The molecular formula is C12H14F2N2O3S. The van der Waals surface area contributed by atoms with Gasteiger partial charge in [-0.3, -0.25) is 0 Å². The lowest BCUT2D eigenvalue weighted by Crippen LogP contribution is -2.17. The highest BCUT2D eigenvalue weighted by molar-refractivity contribution is 7.89. The highest BCUT2D eigenvalue weighted by atomic mass is 32.2. The molecule has 0 amide bonds. The van der Waals surface area contributed by atoms with Crippen LogP contribution in [0.1, 0.15) is 20.3 Å². The van der Waals surface area contributed by atoms with Crippen molar-refractivity contribution < 1.29 is 21.9 Å². The van der Waals surface area contributed by atoms with Gasteiger partial charge in [0.05, 0.1) is 18.1 Å². The molecule has 110 valence electrons. The average Bonchev–Trinajstić information content (AvgIpc) is 2.30. The second kappa shape index (κ2) is 5.73. The fourth-order valence-electron chi connectivity index (χ4n) is 1.35. The van der Waals surface area contributed by atoms with Crippen molar-refractivity contribution in [2.24, 2.45) is 10.6 Å². The Balaban J connectivity index is 3.05. The smallest absolute Gasteiger partial charge is 0.241 e. The van der Waals surface area contributed by atoms with Crippen LogP contribution in [-0.2, 0) is 10.0 Å². The predicted octanol–water partition coefficient (Wildman–Crippen LogP) is 1.93. The highest BCUT2D eigenvalue weighted by Crippen LogP contribution is 2.28. The molecule has 1 aromatic rings. The fraction of sp³-hybridized carbons (Fsp3) is 0.417. The lowest BCUT2D eigenvalue weighted by atomic mass is 9.92. The summed E-state index contributed by atoms with van der Waals surface area (Å²) in [4.78, 5) is -0.759. The van der Waals surface area contributed by atoms with E-state index in [1.54, 1.807) is 13.8 Å². The number of hydrogen-bond donors (Lipinski definition) is 1. The van der Waals surface area contributed by atoms with Crippen molar-refractivity contribution in [3.8, 4) is 11.8 Å². The first kappa shape index (κ1) is 16.3. The lowest BCUT2D eigenvalue weighted by molar-refractivity contribution is 0.248. The van der Waals surface area contributed by atoms with E-state index >= 15 is 0 Å². The maximum atomic E-state index is 13.6. The number of primary sulfonamides is 1. The van der Waals surface area contributed by atoms with Gasteiger partial charge >= 0.3 is 0 Å². The van der Waals surface area contributed by atoms with Gasteiger partial charge in [-0.2, -0.15) is 5.26 Å². The number of benzene rings is 1. The Morgan fingerprint density at radius 1 is 1.40 bits per heavy atom. The maximum absolute atomic E-state index is 13.6. The molecule has 2 N–H and O–H groups in total. The van der Waals surface area contributed by atoms with Gasteiger partial charge in [-0.1, -0.05) is 0 Å². The monoisotopic (exact) mass is 304 g/mol. The molecule has 20 heavy (non-hydrogen) atoms. The number of nitrogens with zero attached hydrogens (tertiary/aromatic N) is 1. The third kappa shape index (κ3) is 4.15. The van der Waals surface area contributed by atoms with Gasteiger partial charge in [0.2, 0.25) is 10.0 Å². The number of ether oxygens (including phenoxy) is 1. The summed E-state index contributed by atoms with van der Waals surface area (Å²) >= 11 is 0. The number of halogens is 2. The molecule has 0 saturated carbocycles. The molecule has 0 spiro atoms. The minimum absolute atomic E-state index is 0.106. The van der Waals surface area contributed by atoms with Gasteiger partial charge in [-0.15, -0.1) is 0 Å². The molecule has 0 atom stereocenters. The van der Waals surface area contributed by atoms with Crippen LogP contribution < -0.4 is 9.88 Å². The van der Waals surface area contributed by atoms with Gasteiger partial charge in [-0.25, -0.2) is 22.3 Å². The fourth-order valence-corrected chi connectivity index (χ4v) is 2.04. The van der Waals surface area contributed by atoms with Crippen LogP contribution in [0.5, 0.6) is 5.75 Å². The molecule has 0 aromatic heterocycles. The van der Waals surface area contributed by atoms with Crippen molar-refractivity contribution in [3.63, 3.8) is 0 Å². The molecule has 0 heterocycles. The van der Waals surface area contributed by atoms with Crippen LogP contribution in [0.15, 0.2) is 17.0 Å². The maximum Gasteiger partial charge on any atom is 0.241 e. The topological polar surface area (TPSA) is 93.2 Å². The SMILES string of the molecule is CC(C)(C#N)CCOc1c(F)cc(F)cc1S(N)(=O)=O. The Bertz CT molecular complexity index is 651. The summed E-state index contributed by atoms with van der Waals surface area (Å²) < 4.78 is 54.2. The minimum Gasteiger partial charge on any atom is -0.489 e. The molecule has 0 aliphatic heterocycles. The normalized spacial score (nSPS) is 12.0. The lowest BCUT2D eigenvalue weighted by Gasteiger charge is -2.16. The second-order valence-corrected chi connectivity index (χ2v) is 6.38. The van der Waals surface area contributed by atoms with E-state index in [4.69, 9.17) is 15.1 Å². The van der Waals surface area contributed by atoms with Gasteiger partial charge in [0.15, 0.2) is 11.6 Å². The molecule has 0 saturated heterocycles. The number of nitrogens with two attached hydrogens (primary N) is 1. The van der Waals surface area contributed by atoms with Crippen LogP contribution >= 0.6 is 0 Å². The van der Waals surface area contributed by atoms with Gasteiger partial charge in [-0.05, 0) is 26.3 Å². The van der Waals surface area contributed by atoms with Crippen LogP contribution in [-0.4, -0.2) is 15.0 Å². The van der Waals surface area contributed by atoms with Crippen molar-refractivity contribution in [3.05, 3.63) is 23.8 Å². The first-order valence-electron chi connectivity index (χ1n) is 5.63. The molecule has 1 rings (SSSR count). The summed E-state index contributed by atoms with van der Waals surface area (Å²) in [5.74, 6) is -2.87. The Morgan fingerprint density at radius 3 is 2.50 bits per heavy atom. The molecule has 0 fully saturated rings. The third-order valence-electron chi connectivity index (χ3n) is 2.56. The van der Waals surface area contributed by atoms with Crippen molar-refractivity contribution in [1.82, 2.24) is 0 Å². The van der Waals surface area contributed by atoms with E-state index in [0.717, 1.165) is 0 Å². The van der Waals surface area contributed by atoms with Crippen molar-refractivity contribution >= 4 is 10.0 Å². The molecule has 0 radical (unpaired) electrons. The Kier molecular flexibility index (Phi) is 4.68. The van der Waals surface area contributed by atoms with Crippen LogP contribution in [0.2, 0.25) is 0 Å². The molecule has 0 unspecified atom stereocenters. The summed E-state index contributed by atoms with van der Waals surface area (Å²) in [6.07, 6.45) is 0.240. The van der Waals surface area contributed by atoms with E-state index in [-0.39, 0.29) is 13.0 Å². The Hall–Kier alpha value is -1.72. The standard InChI is InChI=1S/C12H14F2N2O3S/c1-12(2,7-15)3-4-19-11-9(14)5-8(13)6-10(11)20(16,17)18/h5-6H,3-4H2,1-2H3,(H2,16,17,18). The molecule has 1 aromatic carbocycles. The summed E-state index contributed by atoms with van der Waals surface area (Å²) in [5, 5.41) is 13.7. The molecule has 8 heteroatoms. The zero-order chi connectivity index (χ0) is 15.6. The minimum atomic E-state index is -4.32. The summed E-state index contributed by atoms with van der Waals surface area (Å²) in [6.45, 7) is 3.20. The number of nitriles is 1. The molecule has 5 nitrogen and oxygen atoms in total. The van der Waals surface area contributed by atoms with Crippen LogP contribution in [0.3, 0.4) is 0 Å². The number of rotatable bonds is 5. The Labute approximate surface area is 116 Å². The third-order valence-corrected chi connectivity index (χ3v) is 3.47. The van der Waals surface area contributed by atoms with Crippen LogP contribution in [0.4, 0.5) is 8.78 Å². The van der Waals surface area contributed by atoms with Crippen LogP contribution in [0, 0.1) is 28.4 Å². The van der Waals surface area contributed by atoms with E-state index < -0.39 is 37.7 Å². The van der Waals surface area contributed by atoms with E-state index in [1.165, 1.54) is 0 Å². The largest absolute Gasteiger partial charge is 0.489 e. The summed E-state index contributed by atoms with van der Waals surface area (Å²) in [6, 6.07) is 3.11. The molecular weight excluding hydrogens is 290 g/mol. The van der Waals surface area contributed by atoms with E-state index in [9.17, 15) is 17.2 Å². The zero-order valence-corrected chi connectivity index (χ0v) is 11.8. The molecule has 0 aliphatic carbocycles. The van der Waals surface area contributed by atoms with E-state index in [0.29, 0.717) is 12.1 Å². The summed E-state index contributed by atoms with van der Waals surface area (Å²) in [5.41, 5.74) is -0.710. The van der Waals surface area contributed by atoms with Gasteiger partial charge in [0, 0.05) is 6.07 Å². The Morgan fingerprint density at radius 2 is 2.00 bits per heavy atom. The van der Waals surface area contributed by atoms with E-state index in [2.05, 4.69) is 0 Å². The second-order valence-electron chi connectivity index (χ2n) is 4.85. The summed E-state index contributed by atoms with van der Waals surface area (Å²) in [7, 11) is -4.32. The molecule has 0 aliphatic rings.